The van der Waals surface area contributed by atoms with Crippen LogP contribution in [0.4, 0.5) is 22.7 Å². The van der Waals surface area contributed by atoms with Gasteiger partial charge in [-0.3, -0.25) is 4.79 Å². The second kappa shape index (κ2) is 8.42. The molecule has 31 heavy (non-hydrogen) atoms. The third-order valence-corrected chi connectivity index (χ3v) is 6.22. The number of aryl methyl sites for hydroxylation is 2. The number of benzene rings is 2. The van der Waals surface area contributed by atoms with E-state index in [0.717, 1.165) is 43.0 Å². The zero-order chi connectivity index (χ0) is 21.2. The van der Waals surface area contributed by atoms with Crippen molar-refractivity contribution in [2.24, 2.45) is 0 Å². The van der Waals surface area contributed by atoms with Gasteiger partial charge >= 0.3 is 0 Å². The van der Waals surface area contributed by atoms with Crippen LogP contribution >= 0.6 is 0 Å². The third-order valence-electron chi connectivity index (χ3n) is 6.22. The number of hydrogen-bond donors (Lipinski definition) is 2. The zero-order valence-electron chi connectivity index (χ0n) is 17.9. The summed E-state index contributed by atoms with van der Waals surface area (Å²) in [5.74, 6) is -0.188. The Balaban J connectivity index is 1.39. The molecule has 1 aliphatic carbocycles. The average Bonchev–Trinajstić information content (AvgIpc) is 3.02. The van der Waals surface area contributed by atoms with E-state index < -0.39 is 0 Å². The number of aromatic nitrogens is 1. The van der Waals surface area contributed by atoms with Gasteiger partial charge in [0.1, 0.15) is 5.69 Å². The number of hydrogen-bond acceptors (Lipinski definition) is 4. The molecule has 2 aliphatic rings. The van der Waals surface area contributed by atoms with Crippen molar-refractivity contribution in [3.05, 3.63) is 77.1 Å². The summed E-state index contributed by atoms with van der Waals surface area (Å²) in [5, 5.41) is 6.66. The molecule has 0 atom stereocenters. The molecule has 0 bridgehead atoms. The molecule has 1 aromatic heterocycles. The van der Waals surface area contributed by atoms with E-state index in [-0.39, 0.29) is 5.91 Å². The predicted octanol–water partition coefficient (Wildman–Crippen LogP) is 5.47. The topological polar surface area (TPSA) is 57.3 Å². The Bertz CT molecular complexity index is 1110. The molecule has 5 heteroatoms. The van der Waals surface area contributed by atoms with E-state index in [0.29, 0.717) is 5.69 Å². The maximum atomic E-state index is 12.5. The van der Waals surface area contributed by atoms with Crippen LogP contribution in [0, 0.1) is 6.92 Å². The highest BCUT2D eigenvalue weighted by atomic mass is 16.1. The predicted molar refractivity (Wildman–Crippen MR) is 127 cm³/mol. The van der Waals surface area contributed by atoms with Gasteiger partial charge in [-0.1, -0.05) is 12.1 Å². The lowest BCUT2D eigenvalue weighted by atomic mass is 9.89. The van der Waals surface area contributed by atoms with Gasteiger partial charge in [0.05, 0.1) is 11.4 Å². The van der Waals surface area contributed by atoms with Crippen molar-refractivity contribution in [2.75, 3.05) is 28.6 Å². The zero-order valence-corrected chi connectivity index (χ0v) is 17.9. The molecule has 0 saturated carbocycles. The van der Waals surface area contributed by atoms with Crippen molar-refractivity contribution >= 4 is 28.7 Å². The first-order chi connectivity index (χ1) is 15.2. The SMILES string of the molecule is Cc1cccc(C(=O)Nc2ccc(N3CCCNc4c3ccc3c4CCCC3)cc2)n1. The minimum Gasteiger partial charge on any atom is -0.383 e. The fraction of sp³-hybridized carbons (Fsp3) is 0.308. The van der Waals surface area contributed by atoms with E-state index in [4.69, 9.17) is 0 Å². The van der Waals surface area contributed by atoms with Gasteiger partial charge in [0, 0.05) is 30.2 Å². The molecule has 5 rings (SSSR count). The largest absolute Gasteiger partial charge is 0.383 e. The summed E-state index contributed by atoms with van der Waals surface area (Å²) < 4.78 is 0. The molecule has 2 N–H and O–H groups in total. The number of carbonyl (C=O) groups is 1. The quantitative estimate of drug-likeness (QED) is 0.598. The first kappa shape index (κ1) is 19.6. The number of nitrogens with one attached hydrogen (secondary N) is 2. The van der Waals surface area contributed by atoms with Gasteiger partial charge in [0.15, 0.2) is 0 Å². The van der Waals surface area contributed by atoms with Crippen LogP contribution in [-0.2, 0) is 12.8 Å². The van der Waals surface area contributed by atoms with E-state index in [1.807, 2.05) is 31.2 Å². The van der Waals surface area contributed by atoms with Crippen LogP contribution in [0.15, 0.2) is 54.6 Å². The lowest BCUT2D eigenvalue weighted by Gasteiger charge is -2.28. The van der Waals surface area contributed by atoms with Gasteiger partial charge in [-0.2, -0.15) is 0 Å². The van der Waals surface area contributed by atoms with Crippen molar-refractivity contribution in [3.63, 3.8) is 0 Å². The molecule has 5 nitrogen and oxygen atoms in total. The van der Waals surface area contributed by atoms with E-state index in [1.54, 1.807) is 6.07 Å². The molecular formula is C26H28N4O. The normalized spacial score (nSPS) is 15.3. The lowest BCUT2D eigenvalue weighted by molar-refractivity contribution is 0.102. The maximum Gasteiger partial charge on any atom is 0.274 e. The molecule has 158 valence electrons. The summed E-state index contributed by atoms with van der Waals surface area (Å²) in [5.41, 5.74) is 8.77. The van der Waals surface area contributed by atoms with E-state index in [9.17, 15) is 4.79 Å². The molecule has 3 aromatic rings. The lowest BCUT2D eigenvalue weighted by Crippen LogP contribution is -2.18. The Morgan fingerprint density at radius 3 is 2.68 bits per heavy atom. The highest BCUT2D eigenvalue weighted by Gasteiger charge is 2.22. The molecule has 0 fully saturated rings. The van der Waals surface area contributed by atoms with Crippen LogP contribution in [0.5, 0.6) is 0 Å². The van der Waals surface area contributed by atoms with Crippen molar-refractivity contribution in [1.29, 1.82) is 0 Å². The van der Waals surface area contributed by atoms with Gasteiger partial charge in [0.2, 0.25) is 0 Å². The fourth-order valence-corrected chi connectivity index (χ4v) is 4.67. The maximum absolute atomic E-state index is 12.5. The van der Waals surface area contributed by atoms with Gasteiger partial charge in [-0.25, -0.2) is 4.98 Å². The first-order valence-electron chi connectivity index (χ1n) is 11.2. The van der Waals surface area contributed by atoms with Gasteiger partial charge in [-0.05, 0) is 92.6 Å². The van der Waals surface area contributed by atoms with E-state index in [2.05, 4.69) is 44.8 Å². The van der Waals surface area contributed by atoms with E-state index in [1.165, 1.54) is 41.8 Å². The molecule has 2 aromatic carbocycles. The van der Waals surface area contributed by atoms with Crippen molar-refractivity contribution in [1.82, 2.24) is 4.98 Å². The minimum atomic E-state index is -0.188. The number of carbonyl (C=O) groups excluding carboxylic acids is 1. The van der Waals surface area contributed by atoms with Crippen LogP contribution < -0.4 is 15.5 Å². The highest BCUT2D eigenvalue weighted by Crippen LogP contribution is 2.40. The van der Waals surface area contributed by atoms with Crippen LogP contribution in [-0.4, -0.2) is 24.0 Å². The molecule has 1 amide bonds. The highest BCUT2D eigenvalue weighted by molar-refractivity contribution is 6.03. The number of amides is 1. The van der Waals surface area contributed by atoms with E-state index >= 15 is 0 Å². The Morgan fingerprint density at radius 2 is 1.84 bits per heavy atom. The summed E-state index contributed by atoms with van der Waals surface area (Å²) in [6, 6.07) is 18.2. The average molecular weight is 413 g/mol. The summed E-state index contributed by atoms with van der Waals surface area (Å²) >= 11 is 0. The van der Waals surface area contributed by atoms with Crippen molar-refractivity contribution in [2.45, 2.75) is 39.0 Å². The Labute approximate surface area is 183 Å². The van der Waals surface area contributed by atoms with Crippen LogP contribution in [0.3, 0.4) is 0 Å². The Kier molecular flexibility index (Phi) is 5.33. The Morgan fingerprint density at radius 1 is 1.00 bits per heavy atom. The summed E-state index contributed by atoms with van der Waals surface area (Å²) in [4.78, 5) is 19.2. The summed E-state index contributed by atoms with van der Waals surface area (Å²) in [6.07, 6.45) is 6.00. The molecule has 0 spiro atoms. The Hall–Kier alpha value is -3.34. The standard InChI is InChI=1S/C26H28N4O/c1-18-6-4-9-23(28-18)26(31)29-20-11-13-21(14-12-20)30-17-5-16-27-25-22-8-3-2-7-19(22)10-15-24(25)30/h4,6,9-15,27H,2-3,5,7-8,16-17H2,1H3,(H,29,31). The monoisotopic (exact) mass is 412 g/mol. The van der Waals surface area contributed by atoms with Gasteiger partial charge in [0.25, 0.3) is 5.91 Å². The second-order valence-electron chi connectivity index (χ2n) is 8.40. The molecule has 0 unspecified atom stereocenters. The number of rotatable bonds is 3. The number of fused-ring (bicyclic) bond motifs is 3. The van der Waals surface area contributed by atoms with Crippen molar-refractivity contribution < 1.29 is 4.79 Å². The molecule has 2 heterocycles. The van der Waals surface area contributed by atoms with Gasteiger partial charge < -0.3 is 15.5 Å². The van der Waals surface area contributed by atoms with Crippen LogP contribution in [0.25, 0.3) is 0 Å². The molecular weight excluding hydrogens is 384 g/mol. The van der Waals surface area contributed by atoms with Crippen LogP contribution in [0.1, 0.15) is 46.6 Å². The van der Waals surface area contributed by atoms with Gasteiger partial charge in [-0.15, -0.1) is 0 Å². The molecule has 0 saturated heterocycles. The molecule has 0 radical (unpaired) electrons. The fourth-order valence-electron chi connectivity index (χ4n) is 4.67. The second-order valence-corrected chi connectivity index (χ2v) is 8.40. The number of anilines is 4. The van der Waals surface area contributed by atoms with Crippen LogP contribution in [0.2, 0.25) is 0 Å². The number of nitrogens with zero attached hydrogens (tertiary/aromatic N) is 2. The first-order valence-corrected chi connectivity index (χ1v) is 11.2. The number of pyridine rings is 1. The third kappa shape index (κ3) is 4.00. The minimum absolute atomic E-state index is 0.188. The molecule has 1 aliphatic heterocycles. The summed E-state index contributed by atoms with van der Waals surface area (Å²) in [6.45, 7) is 3.85. The smallest absolute Gasteiger partial charge is 0.274 e. The summed E-state index contributed by atoms with van der Waals surface area (Å²) in [7, 11) is 0. The van der Waals surface area contributed by atoms with Crippen molar-refractivity contribution in [3.8, 4) is 0 Å².